The molecule has 5 rings (SSSR count). The number of halogens is 3. The molecule has 42 heavy (non-hydrogen) atoms. The Balaban J connectivity index is 1.40. The first kappa shape index (κ1) is 29.3. The SMILES string of the molecule is Cc1cccc(NC(=O)COc2ccc3c(c2)nc(Nc2ccc(OC(F)(F)F)cc2)n3[C@@H]2C[C@H](C)CC(C)(C)C2)c1. The van der Waals surface area contributed by atoms with E-state index in [9.17, 15) is 18.0 Å². The third-order valence-electron chi connectivity index (χ3n) is 7.41. The van der Waals surface area contributed by atoms with E-state index in [1.165, 1.54) is 24.3 Å². The second kappa shape index (κ2) is 11.6. The number of nitrogens with one attached hydrogen (secondary N) is 2. The van der Waals surface area contributed by atoms with Crippen LogP contribution in [0.15, 0.2) is 66.7 Å². The smallest absolute Gasteiger partial charge is 0.484 e. The molecule has 7 nitrogen and oxygen atoms in total. The van der Waals surface area contributed by atoms with Gasteiger partial charge >= 0.3 is 6.36 Å². The first-order chi connectivity index (χ1) is 19.8. The number of imidazole rings is 1. The predicted octanol–water partition coefficient (Wildman–Crippen LogP) is 8.39. The maximum atomic E-state index is 12.6. The zero-order valence-electron chi connectivity index (χ0n) is 24.1. The van der Waals surface area contributed by atoms with Gasteiger partial charge in [-0.1, -0.05) is 32.9 Å². The molecule has 2 atom stereocenters. The molecule has 222 valence electrons. The highest BCUT2D eigenvalue weighted by molar-refractivity contribution is 5.92. The van der Waals surface area contributed by atoms with Gasteiger partial charge in [0.25, 0.3) is 5.91 Å². The first-order valence-electron chi connectivity index (χ1n) is 14.0. The number of benzene rings is 3. The molecule has 1 aliphatic carbocycles. The maximum Gasteiger partial charge on any atom is 0.573 e. The Morgan fingerprint density at radius 2 is 1.76 bits per heavy atom. The Hall–Kier alpha value is -4.21. The fraction of sp³-hybridized carbons (Fsp3) is 0.375. The number of fused-ring (bicyclic) bond motifs is 1. The minimum absolute atomic E-state index is 0.139. The van der Waals surface area contributed by atoms with E-state index in [1.54, 1.807) is 6.07 Å². The van der Waals surface area contributed by atoms with Gasteiger partial charge in [-0.2, -0.15) is 0 Å². The van der Waals surface area contributed by atoms with Crippen molar-refractivity contribution in [1.29, 1.82) is 0 Å². The van der Waals surface area contributed by atoms with Gasteiger partial charge in [-0.05, 0) is 91.6 Å². The molecule has 1 fully saturated rings. The van der Waals surface area contributed by atoms with Crippen LogP contribution in [0.25, 0.3) is 11.0 Å². The molecule has 0 aliphatic heterocycles. The van der Waals surface area contributed by atoms with Crippen molar-refractivity contribution >= 4 is 34.3 Å². The number of aryl methyl sites for hydroxylation is 1. The van der Waals surface area contributed by atoms with Gasteiger partial charge in [-0.3, -0.25) is 4.79 Å². The highest BCUT2D eigenvalue weighted by atomic mass is 19.4. The van der Waals surface area contributed by atoms with Gasteiger partial charge < -0.3 is 24.7 Å². The fourth-order valence-corrected chi connectivity index (χ4v) is 6.06. The van der Waals surface area contributed by atoms with E-state index in [1.807, 2.05) is 43.3 Å². The summed E-state index contributed by atoms with van der Waals surface area (Å²) in [5.41, 5.74) is 4.05. The van der Waals surface area contributed by atoms with Gasteiger partial charge in [0, 0.05) is 23.5 Å². The Morgan fingerprint density at radius 1 is 1.02 bits per heavy atom. The van der Waals surface area contributed by atoms with Crippen LogP contribution in [-0.2, 0) is 4.79 Å². The van der Waals surface area contributed by atoms with Crippen LogP contribution in [0.2, 0.25) is 0 Å². The molecule has 1 aliphatic rings. The molecule has 10 heteroatoms. The Kier molecular flexibility index (Phi) is 8.08. The molecule has 1 saturated carbocycles. The highest BCUT2D eigenvalue weighted by Gasteiger charge is 2.35. The molecule has 1 heterocycles. The summed E-state index contributed by atoms with van der Waals surface area (Å²) in [6, 6.07) is 18.8. The molecule has 1 amide bonds. The molecular weight excluding hydrogens is 545 g/mol. The summed E-state index contributed by atoms with van der Waals surface area (Å²) in [4.78, 5) is 17.3. The van der Waals surface area contributed by atoms with Crippen molar-refractivity contribution in [3.05, 3.63) is 72.3 Å². The molecule has 0 unspecified atom stereocenters. The van der Waals surface area contributed by atoms with E-state index in [4.69, 9.17) is 9.72 Å². The minimum Gasteiger partial charge on any atom is -0.484 e. The lowest BCUT2D eigenvalue weighted by molar-refractivity contribution is -0.274. The lowest BCUT2D eigenvalue weighted by Gasteiger charge is -2.40. The summed E-state index contributed by atoms with van der Waals surface area (Å²) in [6.45, 7) is 8.60. The zero-order valence-corrected chi connectivity index (χ0v) is 24.1. The standard InChI is InChI=1S/C32H35F3N4O3/c1-20-6-5-7-23(14-20)36-29(40)19-41-26-12-13-28-27(16-26)38-30(39(28)24-15-21(2)17-31(3,4)18-24)37-22-8-10-25(11-9-22)42-32(33,34)35/h5-14,16,21,24H,15,17-19H2,1-4H3,(H,36,40)(H,37,38)/t21-,24+/m0/s1. The molecule has 4 aromatic rings. The monoisotopic (exact) mass is 580 g/mol. The van der Waals surface area contributed by atoms with Crippen LogP contribution < -0.4 is 20.1 Å². The van der Waals surface area contributed by atoms with Crippen molar-refractivity contribution in [2.24, 2.45) is 11.3 Å². The van der Waals surface area contributed by atoms with E-state index in [2.05, 4.69) is 40.7 Å². The molecular formula is C32H35F3N4O3. The Labute approximate surface area is 243 Å². The molecule has 0 spiro atoms. The van der Waals surface area contributed by atoms with Crippen LogP contribution in [0.1, 0.15) is 51.6 Å². The van der Waals surface area contributed by atoms with Gasteiger partial charge in [0.1, 0.15) is 11.5 Å². The maximum absolute atomic E-state index is 12.6. The number of hydrogen-bond acceptors (Lipinski definition) is 5. The number of ether oxygens (including phenoxy) is 2. The normalized spacial score (nSPS) is 18.5. The number of aromatic nitrogens is 2. The van der Waals surface area contributed by atoms with Crippen molar-refractivity contribution in [3.63, 3.8) is 0 Å². The average molecular weight is 581 g/mol. The molecule has 0 saturated heterocycles. The number of anilines is 3. The number of carbonyl (C=O) groups is 1. The average Bonchev–Trinajstić information content (AvgIpc) is 3.23. The molecule has 2 N–H and O–H groups in total. The molecule has 0 bridgehead atoms. The van der Waals surface area contributed by atoms with Crippen molar-refractivity contribution < 1.29 is 27.4 Å². The van der Waals surface area contributed by atoms with Crippen LogP contribution in [0.4, 0.5) is 30.5 Å². The summed E-state index contributed by atoms with van der Waals surface area (Å²) in [6.07, 6.45) is -1.71. The Morgan fingerprint density at radius 3 is 2.45 bits per heavy atom. The van der Waals surface area contributed by atoms with Gasteiger partial charge in [0.2, 0.25) is 5.95 Å². The quantitative estimate of drug-likeness (QED) is 0.219. The van der Waals surface area contributed by atoms with Crippen LogP contribution in [0.3, 0.4) is 0 Å². The third kappa shape index (κ3) is 7.35. The third-order valence-corrected chi connectivity index (χ3v) is 7.41. The molecule has 1 aromatic heterocycles. The fourth-order valence-electron chi connectivity index (χ4n) is 6.06. The van der Waals surface area contributed by atoms with Gasteiger partial charge in [0.05, 0.1) is 11.0 Å². The second-order valence-electron chi connectivity index (χ2n) is 11.9. The number of nitrogens with zero attached hydrogens (tertiary/aromatic N) is 2. The number of hydrogen-bond donors (Lipinski definition) is 2. The molecule has 3 aromatic carbocycles. The summed E-state index contributed by atoms with van der Waals surface area (Å²) in [5.74, 6) is 1.03. The van der Waals surface area contributed by atoms with E-state index in [0.29, 0.717) is 34.5 Å². The van der Waals surface area contributed by atoms with Crippen LogP contribution >= 0.6 is 0 Å². The van der Waals surface area contributed by atoms with E-state index >= 15 is 0 Å². The van der Waals surface area contributed by atoms with Crippen LogP contribution in [-0.4, -0.2) is 28.4 Å². The van der Waals surface area contributed by atoms with Crippen molar-refractivity contribution in [3.8, 4) is 11.5 Å². The van der Waals surface area contributed by atoms with Crippen molar-refractivity contribution in [2.45, 2.75) is 59.4 Å². The predicted molar refractivity (Wildman–Crippen MR) is 157 cm³/mol. The second-order valence-corrected chi connectivity index (χ2v) is 11.9. The number of rotatable bonds is 8. The Bertz CT molecular complexity index is 1560. The molecule has 0 radical (unpaired) electrons. The summed E-state index contributed by atoms with van der Waals surface area (Å²) in [7, 11) is 0. The van der Waals surface area contributed by atoms with E-state index in [0.717, 1.165) is 30.3 Å². The van der Waals surface area contributed by atoms with Crippen molar-refractivity contribution in [2.75, 3.05) is 17.2 Å². The van der Waals surface area contributed by atoms with E-state index < -0.39 is 6.36 Å². The van der Waals surface area contributed by atoms with Gasteiger partial charge in [0.15, 0.2) is 6.61 Å². The topological polar surface area (TPSA) is 77.4 Å². The minimum atomic E-state index is -4.76. The summed E-state index contributed by atoms with van der Waals surface area (Å²) >= 11 is 0. The summed E-state index contributed by atoms with van der Waals surface area (Å²) < 4.78 is 49.9. The number of alkyl halides is 3. The lowest BCUT2D eigenvalue weighted by atomic mass is 9.70. The first-order valence-corrected chi connectivity index (χ1v) is 14.0. The number of amides is 1. The van der Waals surface area contributed by atoms with Crippen molar-refractivity contribution in [1.82, 2.24) is 9.55 Å². The lowest BCUT2D eigenvalue weighted by Crippen LogP contribution is -2.29. The summed E-state index contributed by atoms with van der Waals surface area (Å²) in [5, 5.41) is 6.14. The van der Waals surface area contributed by atoms with Crippen LogP contribution in [0, 0.1) is 18.3 Å². The van der Waals surface area contributed by atoms with E-state index in [-0.39, 0.29) is 29.7 Å². The largest absolute Gasteiger partial charge is 0.573 e. The van der Waals surface area contributed by atoms with Crippen LogP contribution in [0.5, 0.6) is 11.5 Å². The van der Waals surface area contributed by atoms with Gasteiger partial charge in [-0.15, -0.1) is 13.2 Å². The number of carbonyl (C=O) groups excluding carboxylic acids is 1. The highest BCUT2D eigenvalue weighted by Crippen LogP contribution is 2.46. The zero-order chi connectivity index (χ0) is 30.1. The van der Waals surface area contributed by atoms with Gasteiger partial charge in [-0.25, -0.2) is 4.98 Å².